The largest absolute Gasteiger partial charge is 0.456 e. The summed E-state index contributed by atoms with van der Waals surface area (Å²) in [6.45, 7) is 6.61. The minimum absolute atomic E-state index is 0.00315. The number of nitrogens with zero attached hydrogens (tertiary/aromatic N) is 2. The van der Waals surface area contributed by atoms with Crippen LogP contribution in [-0.2, 0) is 30.8 Å². The zero-order valence-electron chi connectivity index (χ0n) is 17.1. The van der Waals surface area contributed by atoms with Gasteiger partial charge in [-0.05, 0) is 39.2 Å². The van der Waals surface area contributed by atoms with Crippen LogP contribution in [-0.4, -0.2) is 67.7 Å². The van der Waals surface area contributed by atoms with Crippen molar-refractivity contribution < 1.29 is 27.5 Å². The van der Waals surface area contributed by atoms with E-state index in [-0.39, 0.29) is 11.5 Å². The molecule has 0 bridgehead atoms. The first-order valence-electron chi connectivity index (χ1n) is 9.58. The van der Waals surface area contributed by atoms with Gasteiger partial charge in [-0.25, -0.2) is 8.42 Å². The minimum atomic E-state index is -3.48. The van der Waals surface area contributed by atoms with E-state index in [2.05, 4.69) is 0 Å². The molecule has 1 aromatic heterocycles. The molecule has 0 amide bonds. The quantitative estimate of drug-likeness (QED) is 0.427. The molecule has 1 atom stereocenters. The second-order valence-corrected chi connectivity index (χ2v) is 9.09. The van der Waals surface area contributed by atoms with Crippen molar-refractivity contribution in [3.63, 3.8) is 0 Å². The first-order chi connectivity index (χ1) is 13.2. The van der Waals surface area contributed by atoms with Gasteiger partial charge in [0.15, 0.2) is 6.61 Å². The highest BCUT2D eigenvalue weighted by Gasteiger charge is 2.39. The highest BCUT2D eigenvalue weighted by Crippen LogP contribution is 2.23. The van der Waals surface area contributed by atoms with Crippen LogP contribution in [0.4, 0.5) is 0 Å². The molecule has 0 spiro atoms. The van der Waals surface area contributed by atoms with E-state index in [1.807, 2.05) is 18.4 Å². The van der Waals surface area contributed by atoms with Crippen LogP contribution in [0.2, 0.25) is 0 Å². The number of carbonyl (C=O) groups is 2. The number of aromatic nitrogens is 1. The maximum atomic E-state index is 12.6. The van der Waals surface area contributed by atoms with Gasteiger partial charge in [-0.1, -0.05) is 6.92 Å². The molecular weight excluding hydrogens is 384 g/mol. The fourth-order valence-electron chi connectivity index (χ4n) is 3.60. The zero-order valence-corrected chi connectivity index (χ0v) is 17.9. The van der Waals surface area contributed by atoms with Gasteiger partial charge in [0.2, 0.25) is 15.8 Å². The summed E-state index contributed by atoms with van der Waals surface area (Å²) in [7, 11) is -1.86. The van der Waals surface area contributed by atoms with Crippen molar-refractivity contribution in [3.8, 4) is 0 Å². The van der Waals surface area contributed by atoms with Crippen LogP contribution < -0.4 is 0 Å². The molecule has 0 aromatic carbocycles. The van der Waals surface area contributed by atoms with E-state index >= 15 is 0 Å². The molecule has 1 aromatic rings. The SMILES string of the molecule is CCCS(=O)(=O)N1CCCC1C(=O)OCC(=O)c1cc(C)n(CCOC)c1C. The van der Waals surface area contributed by atoms with Gasteiger partial charge in [-0.3, -0.25) is 9.59 Å². The average Bonchev–Trinajstić information content (AvgIpc) is 3.24. The van der Waals surface area contributed by atoms with Crippen LogP contribution in [0, 0.1) is 13.8 Å². The summed E-state index contributed by atoms with van der Waals surface area (Å²) in [5.74, 6) is -0.951. The van der Waals surface area contributed by atoms with E-state index in [0.29, 0.717) is 44.5 Å². The van der Waals surface area contributed by atoms with E-state index in [1.165, 1.54) is 4.31 Å². The normalized spacial score (nSPS) is 17.8. The number of hydrogen-bond acceptors (Lipinski definition) is 6. The summed E-state index contributed by atoms with van der Waals surface area (Å²) in [6, 6.07) is 0.938. The molecule has 1 aliphatic heterocycles. The Hall–Kier alpha value is -1.71. The molecule has 0 N–H and O–H groups in total. The molecule has 2 heterocycles. The zero-order chi connectivity index (χ0) is 20.9. The predicted molar refractivity (Wildman–Crippen MR) is 105 cm³/mol. The van der Waals surface area contributed by atoms with Crippen LogP contribution in [0.5, 0.6) is 0 Å². The van der Waals surface area contributed by atoms with Crippen molar-refractivity contribution in [3.05, 3.63) is 23.0 Å². The molecule has 1 unspecified atom stereocenters. The lowest BCUT2D eigenvalue weighted by atomic mass is 10.1. The molecule has 1 saturated heterocycles. The minimum Gasteiger partial charge on any atom is -0.456 e. The Morgan fingerprint density at radius 1 is 1.29 bits per heavy atom. The van der Waals surface area contributed by atoms with Gasteiger partial charge < -0.3 is 14.0 Å². The molecule has 1 aliphatic rings. The number of methoxy groups -OCH3 is 1. The lowest BCUT2D eigenvalue weighted by molar-refractivity contribution is -0.146. The number of Topliss-reactive ketones (excluding diaryl/α,β-unsaturated/α-hetero) is 1. The molecular formula is C19H30N2O6S. The number of carbonyl (C=O) groups excluding carboxylic acids is 2. The van der Waals surface area contributed by atoms with Crippen LogP contribution in [0.15, 0.2) is 6.07 Å². The van der Waals surface area contributed by atoms with E-state index in [9.17, 15) is 18.0 Å². The Morgan fingerprint density at radius 3 is 2.64 bits per heavy atom. The van der Waals surface area contributed by atoms with E-state index in [4.69, 9.17) is 9.47 Å². The van der Waals surface area contributed by atoms with Crippen molar-refractivity contribution in [2.45, 2.75) is 52.6 Å². The lowest BCUT2D eigenvalue weighted by Crippen LogP contribution is -2.42. The Kier molecular flexibility index (Phi) is 7.79. The lowest BCUT2D eigenvalue weighted by Gasteiger charge is -2.22. The number of aryl methyl sites for hydroxylation is 1. The third-order valence-electron chi connectivity index (χ3n) is 5.03. The van der Waals surface area contributed by atoms with E-state index < -0.39 is 28.6 Å². The van der Waals surface area contributed by atoms with Gasteiger partial charge in [-0.15, -0.1) is 0 Å². The second-order valence-electron chi connectivity index (χ2n) is 7.04. The highest BCUT2D eigenvalue weighted by molar-refractivity contribution is 7.89. The highest BCUT2D eigenvalue weighted by atomic mass is 32.2. The summed E-state index contributed by atoms with van der Waals surface area (Å²) in [4.78, 5) is 25.0. The van der Waals surface area contributed by atoms with Crippen LogP contribution in [0.3, 0.4) is 0 Å². The summed E-state index contributed by atoms with van der Waals surface area (Å²) >= 11 is 0. The maximum absolute atomic E-state index is 12.6. The second kappa shape index (κ2) is 9.67. The third-order valence-corrected chi connectivity index (χ3v) is 7.11. The number of hydrogen-bond donors (Lipinski definition) is 0. The Bertz CT molecular complexity index is 815. The number of ketones is 1. The Morgan fingerprint density at radius 2 is 2.00 bits per heavy atom. The smallest absolute Gasteiger partial charge is 0.324 e. The van der Waals surface area contributed by atoms with Crippen LogP contribution >= 0.6 is 0 Å². The molecule has 28 heavy (non-hydrogen) atoms. The standard InChI is InChI=1S/C19H30N2O6S/c1-5-11-28(24,25)21-8-6-7-17(21)19(23)27-13-18(22)16-12-14(2)20(15(16)3)9-10-26-4/h12,17H,5-11,13H2,1-4H3. The fraction of sp³-hybridized carbons (Fsp3) is 0.684. The summed E-state index contributed by atoms with van der Waals surface area (Å²) < 4.78 is 38.1. The van der Waals surface area contributed by atoms with Gasteiger partial charge in [0.1, 0.15) is 6.04 Å². The van der Waals surface area contributed by atoms with Gasteiger partial charge in [0, 0.05) is 37.2 Å². The molecule has 0 radical (unpaired) electrons. The van der Waals surface area contributed by atoms with Crippen LogP contribution in [0.1, 0.15) is 47.9 Å². The topological polar surface area (TPSA) is 94.9 Å². The van der Waals surface area contributed by atoms with E-state index in [1.54, 1.807) is 20.1 Å². The van der Waals surface area contributed by atoms with Gasteiger partial charge >= 0.3 is 5.97 Å². The summed E-state index contributed by atoms with van der Waals surface area (Å²) in [5.41, 5.74) is 2.23. The first kappa shape index (κ1) is 22.6. The number of esters is 1. The summed E-state index contributed by atoms with van der Waals surface area (Å²) in [6.07, 6.45) is 1.51. The van der Waals surface area contributed by atoms with Gasteiger partial charge in [0.05, 0.1) is 12.4 Å². The third kappa shape index (κ3) is 5.01. The number of sulfonamides is 1. The predicted octanol–water partition coefficient (Wildman–Crippen LogP) is 1.68. The monoisotopic (exact) mass is 414 g/mol. The average molecular weight is 415 g/mol. The first-order valence-corrected chi connectivity index (χ1v) is 11.2. The Labute approximate surface area is 166 Å². The summed E-state index contributed by atoms with van der Waals surface area (Å²) in [5, 5.41) is 0. The van der Waals surface area contributed by atoms with Crippen molar-refractivity contribution >= 4 is 21.8 Å². The number of ether oxygens (including phenoxy) is 2. The maximum Gasteiger partial charge on any atom is 0.324 e. The van der Waals surface area contributed by atoms with E-state index in [0.717, 1.165) is 11.4 Å². The molecule has 2 rings (SSSR count). The number of rotatable bonds is 10. The molecule has 8 nitrogen and oxygen atoms in total. The molecule has 0 aliphatic carbocycles. The van der Waals surface area contributed by atoms with Gasteiger partial charge in [0.25, 0.3) is 0 Å². The molecule has 0 saturated carbocycles. The van der Waals surface area contributed by atoms with Crippen molar-refractivity contribution in [1.82, 2.24) is 8.87 Å². The Balaban J connectivity index is 2.02. The molecule has 1 fully saturated rings. The fourth-order valence-corrected chi connectivity index (χ4v) is 5.34. The van der Waals surface area contributed by atoms with Crippen molar-refractivity contribution in [1.29, 1.82) is 0 Å². The van der Waals surface area contributed by atoms with Crippen LogP contribution in [0.25, 0.3) is 0 Å². The molecule has 158 valence electrons. The van der Waals surface area contributed by atoms with Gasteiger partial charge in [-0.2, -0.15) is 4.31 Å². The molecule has 9 heteroatoms. The van der Waals surface area contributed by atoms with Crippen molar-refractivity contribution in [2.24, 2.45) is 0 Å². The van der Waals surface area contributed by atoms with Crippen molar-refractivity contribution in [2.75, 3.05) is 32.6 Å².